The van der Waals surface area contributed by atoms with Crippen molar-refractivity contribution in [2.45, 2.75) is 51.0 Å². The van der Waals surface area contributed by atoms with Crippen LogP contribution in [0.2, 0.25) is 0 Å². The molecule has 8 heteroatoms. The van der Waals surface area contributed by atoms with E-state index in [9.17, 15) is 15.0 Å². The van der Waals surface area contributed by atoms with E-state index in [1.54, 1.807) is 13.3 Å². The second-order valence-electron chi connectivity index (χ2n) is 10.0. The van der Waals surface area contributed by atoms with E-state index in [1.165, 1.54) is 5.69 Å². The van der Waals surface area contributed by atoms with Crippen LogP contribution in [-0.2, 0) is 18.3 Å². The number of ether oxygens (including phenoxy) is 1. The van der Waals surface area contributed by atoms with Gasteiger partial charge in [-0.15, -0.1) is 0 Å². The predicted octanol–water partition coefficient (Wildman–Crippen LogP) is 4.23. The topological polar surface area (TPSA) is 101 Å². The third-order valence-corrected chi connectivity index (χ3v) is 7.68. The SMILES string of the molecule is COc1ccc2nccc([C@@H](O)CCC3CCN(CCCc4cncn4C)CC3CCC(=O)O)c2c1. The number of nitrogens with zero attached hydrogens (tertiary/aromatic N) is 4. The van der Waals surface area contributed by atoms with Gasteiger partial charge in [-0.3, -0.25) is 9.78 Å². The van der Waals surface area contributed by atoms with Crippen LogP contribution in [-0.4, -0.2) is 62.4 Å². The van der Waals surface area contributed by atoms with E-state index in [2.05, 4.69) is 19.4 Å². The molecular formula is C28H38N4O4. The van der Waals surface area contributed by atoms with E-state index < -0.39 is 12.1 Å². The number of aliphatic hydroxyl groups is 1. The number of hydrogen-bond acceptors (Lipinski definition) is 6. The lowest BCUT2D eigenvalue weighted by Gasteiger charge is -2.39. The molecule has 3 aromatic rings. The van der Waals surface area contributed by atoms with Crippen molar-refractivity contribution in [3.05, 3.63) is 54.2 Å². The van der Waals surface area contributed by atoms with Gasteiger partial charge in [-0.2, -0.15) is 0 Å². The monoisotopic (exact) mass is 494 g/mol. The number of rotatable bonds is 12. The Kier molecular flexibility index (Phi) is 8.93. The van der Waals surface area contributed by atoms with Crippen LogP contribution < -0.4 is 4.74 Å². The maximum absolute atomic E-state index is 11.3. The first-order chi connectivity index (χ1) is 17.4. The summed E-state index contributed by atoms with van der Waals surface area (Å²) >= 11 is 0. The van der Waals surface area contributed by atoms with Crippen LogP contribution in [0.15, 0.2) is 43.0 Å². The van der Waals surface area contributed by atoms with E-state index in [0.717, 1.165) is 67.5 Å². The van der Waals surface area contributed by atoms with Crippen LogP contribution >= 0.6 is 0 Å². The molecule has 1 aliphatic rings. The third-order valence-electron chi connectivity index (χ3n) is 7.68. The van der Waals surface area contributed by atoms with Gasteiger partial charge in [-0.05, 0) is 93.3 Å². The Labute approximate surface area is 212 Å². The van der Waals surface area contributed by atoms with Gasteiger partial charge in [0.15, 0.2) is 0 Å². The minimum Gasteiger partial charge on any atom is -0.497 e. The fourth-order valence-corrected chi connectivity index (χ4v) is 5.58. The molecule has 1 aromatic carbocycles. The van der Waals surface area contributed by atoms with Gasteiger partial charge in [0.25, 0.3) is 0 Å². The summed E-state index contributed by atoms with van der Waals surface area (Å²) < 4.78 is 7.44. The summed E-state index contributed by atoms with van der Waals surface area (Å²) in [5.74, 6) is 0.746. The van der Waals surface area contributed by atoms with Crippen molar-refractivity contribution in [2.75, 3.05) is 26.7 Å². The number of aryl methyl sites for hydroxylation is 2. The molecule has 0 radical (unpaired) electrons. The molecule has 2 N–H and O–H groups in total. The smallest absolute Gasteiger partial charge is 0.303 e. The van der Waals surface area contributed by atoms with Crippen LogP contribution in [0, 0.1) is 11.8 Å². The number of aliphatic carboxylic acids is 1. The lowest BCUT2D eigenvalue weighted by atomic mass is 9.79. The van der Waals surface area contributed by atoms with Gasteiger partial charge < -0.3 is 24.4 Å². The Balaban J connectivity index is 1.36. The number of aliphatic hydroxyl groups excluding tert-OH is 1. The normalized spacial score (nSPS) is 19.4. The zero-order valence-corrected chi connectivity index (χ0v) is 21.3. The van der Waals surface area contributed by atoms with Crippen LogP contribution in [0.5, 0.6) is 5.75 Å². The number of likely N-dealkylation sites (tertiary alicyclic amines) is 1. The van der Waals surface area contributed by atoms with Crippen LogP contribution in [0.3, 0.4) is 0 Å². The van der Waals surface area contributed by atoms with Crippen LogP contribution in [0.4, 0.5) is 0 Å². The van der Waals surface area contributed by atoms with Crippen molar-refractivity contribution in [3.8, 4) is 5.75 Å². The highest BCUT2D eigenvalue weighted by molar-refractivity contribution is 5.83. The maximum Gasteiger partial charge on any atom is 0.303 e. The molecule has 2 unspecified atom stereocenters. The average molecular weight is 495 g/mol. The first kappa shape index (κ1) is 26.1. The van der Waals surface area contributed by atoms with Gasteiger partial charge >= 0.3 is 5.97 Å². The molecule has 1 aliphatic heterocycles. The van der Waals surface area contributed by atoms with Gasteiger partial charge in [0.2, 0.25) is 0 Å². The number of benzene rings is 1. The highest BCUT2D eigenvalue weighted by atomic mass is 16.5. The van der Waals surface area contributed by atoms with Gasteiger partial charge in [0, 0.05) is 43.5 Å². The van der Waals surface area contributed by atoms with E-state index in [-0.39, 0.29) is 6.42 Å². The zero-order chi connectivity index (χ0) is 25.5. The van der Waals surface area contributed by atoms with Gasteiger partial charge in [-0.25, -0.2) is 4.98 Å². The molecule has 8 nitrogen and oxygen atoms in total. The molecule has 0 saturated carbocycles. The Morgan fingerprint density at radius 1 is 1.25 bits per heavy atom. The highest BCUT2D eigenvalue weighted by Gasteiger charge is 2.30. The number of piperidine rings is 1. The van der Waals surface area contributed by atoms with Gasteiger partial charge in [-0.1, -0.05) is 0 Å². The number of carbonyl (C=O) groups is 1. The van der Waals surface area contributed by atoms with Crippen molar-refractivity contribution in [1.82, 2.24) is 19.4 Å². The van der Waals surface area contributed by atoms with Crippen LogP contribution in [0.1, 0.15) is 55.9 Å². The number of hydrogen-bond donors (Lipinski definition) is 2. The van der Waals surface area contributed by atoms with Gasteiger partial charge in [0.05, 0.1) is 25.1 Å². The zero-order valence-electron chi connectivity index (χ0n) is 21.3. The standard InChI is InChI=1S/C28H38N4O4/c1-31-19-29-17-22(31)4-3-14-32-15-12-20(21(18-32)6-10-28(34)35)5-9-27(33)24-11-13-30-26-8-7-23(36-2)16-25(24)26/h7-8,11,13,16-17,19-21,27,33H,3-6,9-10,12,14-15,18H2,1-2H3,(H,34,35)/t20?,21?,27-/m0/s1. The number of fused-ring (bicyclic) bond motifs is 1. The first-order valence-corrected chi connectivity index (χ1v) is 12.9. The van der Waals surface area contributed by atoms with Crippen molar-refractivity contribution in [1.29, 1.82) is 0 Å². The summed E-state index contributed by atoms with van der Waals surface area (Å²) in [4.78, 5) is 22.4. The molecule has 0 bridgehead atoms. The number of aromatic nitrogens is 3. The van der Waals surface area contributed by atoms with Gasteiger partial charge in [0.1, 0.15) is 5.75 Å². The molecule has 1 saturated heterocycles. The van der Waals surface area contributed by atoms with Crippen LogP contribution in [0.25, 0.3) is 10.9 Å². The second kappa shape index (κ2) is 12.3. The van der Waals surface area contributed by atoms with Crippen molar-refractivity contribution < 1.29 is 19.7 Å². The number of carboxylic acids is 1. The van der Waals surface area contributed by atoms with Crippen molar-refractivity contribution in [3.63, 3.8) is 0 Å². The molecule has 0 aliphatic carbocycles. The fourth-order valence-electron chi connectivity index (χ4n) is 5.58. The molecule has 2 aromatic heterocycles. The lowest BCUT2D eigenvalue weighted by Crippen LogP contribution is -2.41. The summed E-state index contributed by atoms with van der Waals surface area (Å²) in [6.07, 6.45) is 10.4. The Bertz CT molecular complexity index is 1150. The number of imidazole rings is 1. The minimum atomic E-state index is -0.737. The van der Waals surface area contributed by atoms with Crippen molar-refractivity contribution in [2.24, 2.45) is 18.9 Å². The quantitative estimate of drug-likeness (QED) is 0.389. The summed E-state index contributed by atoms with van der Waals surface area (Å²) in [6, 6.07) is 7.61. The molecule has 3 heterocycles. The Morgan fingerprint density at radius 3 is 2.86 bits per heavy atom. The largest absolute Gasteiger partial charge is 0.497 e. The van der Waals surface area contributed by atoms with E-state index in [1.807, 2.05) is 43.8 Å². The molecule has 36 heavy (non-hydrogen) atoms. The summed E-state index contributed by atoms with van der Waals surface area (Å²) in [6.45, 7) is 2.95. The third kappa shape index (κ3) is 6.62. The fraction of sp³-hybridized carbons (Fsp3) is 0.536. The molecule has 3 atom stereocenters. The lowest BCUT2D eigenvalue weighted by molar-refractivity contribution is -0.137. The minimum absolute atomic E-state index is 0.196. The van der Waals surface area contributed by atoms with Crippen molar-refractivity contribution >= 4 is 16.9 Å². The molecule has 0 amide bonds. The Morgan fingerprint density at radius 2 is 2.11 bits per heavy atom. The predicted molar refractivity (Wildman–Crippen MR) is 139 cm³/mol. The highest BCUT2D eigenvalue weighted by Crippen LogP contribution is 2.35. The number of carboxylic acid groups (broad SMARTS) is 1. The molecule has 4 rings (SSSR count). The maximum atomic E-state index is 11.3. The molecule has 0 spiro atoms. The van der Waals surface area contributed by atoms with E-state index in [0.29, 0.717) is 24.7 Å². The first-order valence-electron chi connectivity index (χ1n) is 12.9. The molecule has 1 fully saturated rings. The number of pyridine rings is 1. The second-order valence-corrected chi connectivity index (χ2v) is 10.0. The number of methoxy groups -OCH3 is 1. The van der Waals surface area contributed by atoms with E-state index in [4.69, 9.17) is 4.74 Å². The van der Waals surface area contributed by atoms with E-state index >= 15 is 0 Å². The molecular weight excluding hydrogens is 456 g/mol. The average Bonchev–Trinajstić information content (AvgIpc) is 3.30. The summed E-state index contributed by atoms with van der Waals surface area (Å²) in [5, 5.41) is 21.3. The summed E-state index contributed by atoms with van der Waals surface area (Å²) in [7, 11) is 3.66. The summed E-state index contributed by atoms with van der Waals surface area (Å²) in [5.41, 5.74) is 2.95. The molecule has 194 valence electrons. The Hall–Kier alpha value is -2.97.